The van der Waals surface area contributed by atoms with E-state index >= 15 is 0 Å². The molecule has 0 fully saturated rings. The lowest BCUT2D eigenvalue weighted by atomic mass is 10.2. The smallest absolute Gasteiger partial charge is 0.277 e. The molecule has 0 unspecified atom stereocenters. The van der Waals surface area contributed by atoms with Gasteiger partial charge in [0.25, 0.3) is 11.1 Å². The van der Waals surface area contributed by atoms with Gasteiger partial charge in [-0.3, -0.25) is 4.98 Å². The van der Waals surface area contributed by atoms with Crippen molar-refractivity contribution in [1.82, 2.24) is 35.2 Å². The number of rotatable bonds is 6. The lowest BCUT2D eigenvalue weighted by molar-refractivity contribution is 0.464. The van der Waals surface area contributed by atoms with E-state index in [1.54, 1.807) is 47.7 Å². The van der Waals surface area contributed by atoms with E-state index in [0.717, 1.165) is 5.69 Å². The Labute approximate surface area is 151 Å². The van der Waals surface area contributed by atoms with Crippen LogP contribution in [0.4, 0.5) is 4.39 Å². The Kier molecular flexibility index (Phi) is 4.65. The van der Waals surface area contributed by atoms with Crippen LogP contribution in [0.25, 0.3) is 11.6 Å². The molecule has 10 heteroatoms. The van der Waals surface area contributed by atoms with E-state index in [1.165, 1.54) is 17.8 Å². The van der Waals surface area contributed by atoms with Gasteiger partial charge in [0.05, 0.1) is 18.4 Å². The highest BCUT2D eigenvalue weighted by Crippen LogP contribution is 2.23. The van der Waals surface area contributed by atoms with E-state index in [-0.39, 0.29) is 5.82 Å². The van der Waals surface area contributed by atoms with Gasteiger partial charge in [0.1, 0.15) is 11.5 Å². The summed E-state index contributed by atoms with van der Waals surface area (Å²) >= 11 is 1.33. The second-order valence-corrected chi connectivity index (χ2v) is 6.18. The molecule has 0 bridgehead atoms. The van der Waals surface area contributed by atoms with Crippen LogP contribution in [-0.2, 0) is 12.3 Å². The highest BCUT2D eigenvalue weighted by molar-refractivity contribution is 7.98. The molecule has 0 saturated heterocycles. The molecule has 0 spiro atoms. The van der Waals surface area contributed by atoms with Crippen molar-refractivity contribution in [3.63, 3.8) is 0 Å². The topological polar surface area (TPSA) is 95.4 Å². The molecule has 0 aliphatic rings. The Bertz CT molecular complexity index is 1000. The molecule has 0 saturated carbocycles. The lowest BCUT2D eigenvalue weighted by Gasteiger charge is -2.01. The fraction of sp³-hybridized carbons (Fsp3) is 0.125. The van der Waals surface area contributed by atoms with Gasteiger partial charge in [-0.2, -0.15) is 0 Å². The third-order valence-corrected chi connectivity index (χ3v) is 4.26. The summed E-state index contributed by atoms with van der Waals surface area (Å²) in [6, 6.07) is 6.59. The normalized spacial score (nSPS) is 11.0. The Morgan fingerprint density at radius 3 is 2.88 bits per heavy atom. The zero-order chi connectivity index (χ0) is 17.8. The van der Waals surface area contributed by atoms with Gasteiger partial charge in [0.2, 0.25) is 0 Å². The minimum atomic E-state index is -0.263. The summed E-state index contributed by atoms with van der Waals surface area (Å²) in [5.74, 6) is 0.546. The maximum atomic E-state index is 13.7. The minimum absolute atomic E-state index is 0.263. The van der Waals surface area contributed by atoms with Crippen molar-refractivity contribution in [2.45, 2.75) is 17.5 Å². The molecule has 4 rings (SSSR count). The first-order chi connectivity index (χ1) is 12.8. The molecule has 0 aliphatic carbocycles. The third-order valence-electron chi connectivity index (χ3n) is 3.41. The molecule has 0 aliphatic heterocycles. The summed E-state index contributed by atoms with van der Waals surface area (Å²) in [5, 5.41) is 16.4. The van der Waals surface area contributed by atoms with Crippen molar-refractivity contribution in [1.29, 1.82) is 0 Å². The number of hydrogen-bond donors (Lipinski definition) is 0. The van der Waals surface area contributed by atoms with Crippen molar-refractivity contribution in [3.05, 3.63) is 66.1 Å². The number of halogens is 1. The molecular formula is C16H12FN7OS. The van der Waals surface area contributed by atoms with Crippen LogP contribution < -0.4 is 0 Å². The van der Waals surface area contributed by atoms with E-state index in [9.17, 15) is 4.39 Å². The van der Waals surface area contributed by atoms with Crippen LogP contribution >= 0.6 is 11.8 Å². The third kappa shape index (κ3) is 3.75. The van der Waals surface area contributed by atoms with Crippen molar-refractivity contribution in [2.75, 3.05) is 0 Å². The quantitative estimate of drug-likeness (QED) is 0.479. The van der Waals surface area contributed by atoms with Crippen LogP contribution in [0.1, 0.15) is 11.3 Å². The summed E-state index contributed by atoms with van der Waals surface area (Å²) in [5.41, 5.74) is 1.80. The van der Waals surface area contributed by atoms with Crippen molar-refractivity contribution >= 4 is 11.8 Å². The van der Waals surface area contributed by atoms with Crippen molar-refractivity contribution in [3.8, 4) is 11.6 Å². The van der Waals surface area contributed by atoms with Crippen LogP contribution in [0.2, 0.25) is 0 Å². The number of nitrogens with zero attached hydrogens (tertiary/aromatic N) is 7. The van der Waals surface area contributed by atoms with Gasteiger partial charge in [0, 0.05) is 29.9 Å². The van der Waals surface area contributed by atoms with Gasteiger partial charge in [-0.05, 0) is 6.07 Å². The summed E-state index contributed by atoms with van der Waals surface area (Å²) in [6.45, 7) is 0.321. The second-order valence-electron chi connectivity index (χ2n) is 5.25. The molecular weight excluding hydrogens is 357 g/mol. The number of hydrogen-bond acceptors (Lipinski definition) is 8. The standard InChI is InChI=1S/C16H12FN7OS/c17-13-4-2-1-3-11(13)8-24-9-12(20-23-24)10-26-16-22-21-15(25-16)14-7-18-5-6-19-14/h1-7,9H,8,10H2. The van der Waals surface area contributed by atoms with E-state index in [0.29, 0.717) is 34.7 Å². The highest BCUT2D eigenvalue weighted by Gasteiger charge is 2.12. The molecule has 0 amide bonds. The van der Waals surface area contributed by atoms with Gasteiger partial charge in [0.15, 0.2) is 0 Å². The molecule has 0 atom stereocenters. The average Bonchev–Trinajstić information content (AvgIpc) is 3.32. The maximum Gasteiger partial charge on any atom is 0.277 e. The lowest BCUT2D eigenvalue weighted by Crippen LogP contribution is -2.02. The van der Waals surface area contributed by atoms with Crippen LogP contribution in [0.5, 0.6) is 0 Å². The van der Waals surface area contributed by atoms with Crippen LogP contribution in [0.15, 0.2) is 58.7 Å². The summed E-state index contributed by atoms with van der Waals surface area (Å²) in [4.78, 5) is 8.07. The second kappa shape index (κ2) is 7.40. The number of aromatic nitrogens is 7. The van der Waals surface area contributed by atoms with E-state index in [1.807, 2.05) is 0 Å². The van der Waals surface area contributed by atoms with Gasteiger partial charge >= 0.3 is 0 Å². The first kappa shape index (κ1) is 16.3. The molecule has 0 radical (unpaired) electrons. The van der Waals surface area contributed by atoms with Crippen LogP contribution in [0, 0.1) is 5.82 Å². The fourth-order valence-electron chi connectivity index (χ4n) is 2.20. The first-order valence-electron chi connectivity index (χ1n) is 7.63. The maximum absolute atomic E-state index is 13.7. The molecule has 26 heavy (non-hydrogen) atoms. The van der Waals surface area contributed by atoms with Gasteiger partial charge < -0.3 is 4.42 Å². The molecule has 0 N–H and O–H groups in total. The van der Waals surface area contributed by atoms with Gasteiger partial charge in [-0.25, -0.2) is 14.1 Å². The highest BCUT2D eigenvalue weighted by atomic mass is 32.2. The predicted octanol–water partition coefficient (Wildman–Crippen LogP) is 2.60. The van der Waals surface area contributed by atoms with Crippen molar-refractivity contribution < 1.29 is 8.81 Å². The molecule has 3 aromatic heterocycles. The first-order valence-corrected chi connectivity index (χ1v) is 8.61. The van der Waals surface area contributed by atoms with E-state index in [4.69, 9.17) is 4.42 Å². The zero-order valence-electron chi connectivity index (χ0n) is 13.4. The van der Waals surface area contributed by atoms with E-state index < -0.39 is 0 Å². The summed E-state index contributed by atoms with van der Waals surface area (Å²) in [6.07, 6.45) is 6.44. The monoisotopic (exact) mass is 369 g/mol. The summed E-state index contributed by atoms with van der Waals surface area (Å²) in [7, 11) is 0. The Balaban J connectivity index is 1.38. The van der Waals surface area contributed by atoms with Crippen LogP contribution in [0.3, 0.4) is 0 Å². The van der Waals surface area contributed by atoms with E-state index in [2.05, 4.69) is 30.5 Å². The number of thioether (sulfide) groups is 1. The number of benzene rings is 1. The minimum Gasteiger partial charge on any atom is -0.410 e. The molecule has 130 valence electrons. The fourth-order valence-corrected chi connectivity index (χ4v) is 2.84. The Morgan fingerprint density at radius 2 is 2.04 bits per heavy atom. The van der Waals surface area contributed by atoms with Crippen molar-refractivity contribution in [2.24, 2.45) is 0 Å². The van der Waals surface area contributed by atoms with Gasteiger partial charge in [-0.15, -0.1) is 15.3 Å². The van der Waals surface area contributed by atoms with Crippen LogP contribution in [-0.4, -0.2) is 35.2 Å². The molecule has 8 nitrogen and oxygen atoms in total. The largest absolute Gasteiger partial charge is 0.410 e. The average molecular weight is 369 g/mol. The molecule has 4 aromatic rings. The SMILES string of the molecule is Fc1ccccc1Cn1cc(CSc2nnc(-c3cnccn3)o2)nn1. The van der Waals surface area contributed by atoms with Gasteiger partial charge in [-0.1, -0.05) is 35.2 Å². The molecule has 3 heterocycles. The zero-order valence-corrected chi connectivity index (χ0v) is 14.2. The Morgan fingerprint density at radius 1 is 1.12 bits per heavy atom. The molecule has 1 aromatic carbocycles. The summed E-state index contributed by atoms with van der Waals surface area (Å²) < 4.78 is 20.8. The Hall–Kier alpha value is -3.14. The predicted molar refractivity (Wildman–Crippen MR) is 90.4 cm³/mol.